The quantitative estimate of drug-likeness (QED) is 0.931. The van der Waals surface area contributed by atoms with E-state index in [2.05, 4.69) is 34.0 Å². The van der Waals surface area contributed by atoms with Crippen molar-refractivity contribution in [3.63, 3.8) is 0 Å². The highest BCUT2D eigenvalue weighted by molar-refractivity contribution is 7.15. The van der Waals surface area contributed by atoms with Crippen LogP contribution in [0.2, 0.25) is 0 Å². The molecule has 6 nitrogen and oxygen atoms in total. The van der Waals surface area contributed by atoms with Gasteiger partial charge in [-0.05, 0) is 32.6 Å². The Labute approximate surface area is 140 Å². The van der Waals surface area contributed by atoms with Gasteiger partial charge >= 0.3 is 0 Å². The van der Waals surface area contributed by atoms with Crippen LogP contribution in [0.3, 0.4) is 0 Å². The third kappa shape index (κ3) is 3.55. The Kier molecular flexibility index (Phi) is 4.66. The first-order chi connectivity index (χ1) is 11.0. The van der Waals surface area contributed by atoms with Gasteiger partial charge in [-0.15, -0.1) is 11.3 Å². The predicted molar refractivity (Wildman–Crippen MR) is 92.1 cm³/mol. The Morgan fingerprint density at radius 2 is 2.30 bits per heavy atom. The van der Waals surface area contributed by atoms with Crippen LogP contribution in [0.25, 0.3) is 0 Å². The van der Waals surface area contributed by atoms with E-state index in [1.165, 1.54) is 4.88 Å². The maximum absolute atomic E-state index is 12.2. The highest BCUT2D eigenvalue weighted by Gasteiger charge is 2.23. The van der Waals surface area contributed by atoms with Crippen molar-refractivity contribution in [1.82, 2.24) is 19.9 Å². The number of aromatic nitrogens is 3. The zero-order valence-electron chi connectivity index (χ0n) is 13.9. The molecule has 1 amide bonds. The summed E-state index contributed by atoms with van der Waals surface area (Å²) in [7, 11) is 1.83. The number of nitrogens with zero attached hydrogens (tertiary/aromatic N) is 4. The number of rotatable bonds is 4. The minimum Gasteiger partial charge on any atom is -0.350 e. The molecule has 1 fully saturated rings. The zero-order valence-corrected chi connectivity index (χ0v) is 14.7. The van der Waals surface area contributed by atoms with Gasteiger partial charge in [0.2, 0.25) is 0 Å². The standard InChI is InChI=1S/C16H23N5OS/c1-11-12(2)23-16(19-11)21-6-4-5-13(9-21)7-18-15(22)14-8-17-10-20(14)3/h8,10,13H,4-7,9H2,1-3H3,(H,18,22). The lowest BCUT2D eigenvalue weighted by Gasteiger charge is -2.32. The molecule has 1 unspecified atom stereocenters. The Morgan fingerprint density at radius 3 is 2.96 bits per heavy atom. The molecule has 3 rings (SSSR count). The van der Waals surface area contributed by atoms with Crippen LogP contribution in [0.4, 0.5) is 5.13 Å². The Hall–Kier alpha value is -1.89. The highest BCUT2D eigenvalue weighted by Crippen LogP contribution is 2.28. The number of carbonyl (C=O) groups is 1. The number of hydrogen-bond donors (Lipinski definition) is 1. The van der Waals surface area contributed by atoms with E-state index in [1.54, 1.807) is 28.4 Å². The molecule has 0 radical (unpaired) electrons. The molecular formula is C16H23N5OS. The molecular weight excluding hydrogens is 310 g/mol. The van der Waals surface area contributed by atoms with Crippen molar-refractivity contribution in [2.75, 3.05) is 24.5 Å². The maximum atomic E-state index is 12.2. The van der Waals surface area contributed by atoms with E-state index >= 15 is 0 Å². The second kappa shape index (κ2) is 6.70. The molecule has 0 aliphatic carbocycles. The minimum absolute atomic E-state index is 0.0527. The fourth-order valence-electron chi connectivity index (χ4n) is 2.90. The number of thiazole rings is 1. The lowest BCUT2D eigenvalue weighted by atomic mass is 9.98. The highest BCUT2D eigenvalue weighted by atomic mass is 32.1. The van der Waals surface area contributed by atoms with Crippen LogP contribution >= 0.6 is 11.3 Å². The Morgan fingerprint density at radius 1 is 1.48 bits per heavy atom. The molecule has 1 aliphatic rings. The summed E-state index contributed by atoms with van der Waals surface area (Å²) in [6.07, 6.45) is 5.53. The summed E-state index contributed by atoms with van der Waals surface area (Å²) in [6, 6.07) is 0. The van der Waals surface area contributed by atoms with Gasteiger partial charge in [-0.3, -0.25) is 4.79 Å². The molecule has 2 aromatic rings. The Bertz CT molecular complexity index is 673. The summed E-state index contributed by atoms with van der Waals surface area (Å²) in [5.74, 6) is 0.411. The van der Waals surface area contributed by atoms with Gasteiger partial charge in [-0.25, -0.2) is 9.97 Å². The van der Waals surface area contributed by atoms with Crippen LogP contribution < -0.4 is 10.2 Å². The fraction of sp³-hybridized carbons (Fsp3) is 0.562. The van der Waals surface area contributed by atoms with Crippen molar-refractivity contribution in [2.24, 2.45) is 13.0 Å². The first kappa shape index (κ1) is 16.0. The second-order valence-corrected chi connectivity index (χ2v) is 7.37. The van der Waals surface area contributed by atoms with E-state index in [0.29, 0.717) is 18.2 Å². The SMILES string of the molecule is Cc1nc(N2CCCC(CNC(=O)c3cncn3C)C2)sc1C. The average molecular weight is 333 g/mol. The second-order valence-electron chi connectivity index (χ2n) is 6.19. The Balaban J connectivity index is 1.56. The zero-order chi connectivity index (χ0) is 16.4. The molecule has 3 heterocycles. The summed E-state index contributed by atoms with van der Waals surface area (Å²) < 4.78 is 1.74. The van der Waals surface area contributed by atoms with Gasteiger partial charge < -0.3 is 14.8 Å². The van der Waals surface area contributed by atoms with E-state index in [0.717, 1.165) is 36.8 Å². The molecule has 0 bridgehead atoms. The number of nitrogens with one attached hydrogen (secondary N) is 1. The topological polar surface area (TPSA) is 63.1 Å². The number of hydrogen-bond acceptors (Lipinski definition) is 5. The van der Waals surface area contributed by atoms with Crippen molar-refractivity contribution in [1.29, 1.82) is 0 Å². The van der Waals surface area contributed by atoms with Crippen LogP contribution in [-0.2, 0) is 7.05 Å². The molecule has 1 saturated heterocycles. The largest absolute Gasteiger partial charge is 0.350 e. The van der Waals surface area contributed by atoms with Crippen LogP contribution in [0.15, 0.2) is 12.5 Å². The van der Waals surface area contributed by atoms with Gasteiger partial charge in [0, 0.05) is 31.6 Å². The number of carbonyl (C=O) groups excluding carboxylic acids is 1. The predicted octanol–water partition coefficient (Wildman–Crippen LogP) is 2.14. The summed E-state index contributed by atoms with van der Waals surface area (Å²) in [5, 5.41) is 4.15. The molecule has 0 saturated carbocycles. The number of amides is 1. The monoisotopic (exact) mass is 333 g/mol. The first-order valence-electron chi connectivity index (χ1n) is 7.98. The molecule has 23 heavy (non-hydrogen) atoms. The molecule has 7 heteroatoms. The third-order valence-electron chi connectivity index (χ3n) is 4.41. The number of imidazole rings is 1. The lowest BCUT2D eigenvalue weighted by molar-refractivity contribution is 0.0937. The maximum Gasteiger partial charge on any atom is 0.269 e. The van der Waals surface area contributed by atoms with Gasteiger partial charge in [0.1, 0.15) is 5.69 Å². The van der Waals surface area contributed by atoms with Crippen molar-refractivity contribution < 1.29 is 4.79 Å². The number of aryl methyl sites for hydroxylation is 3. The van der Waals surface area contributed by atoms with Crippen molar-refractivity contribution in [2.45, 2.75) is 26.7 Å². The first-order valence-corrected chi connectivity index (χ1v) is 8.79. The molecule has 0 aromatic carbocycles. The van der Waals surface area contributed by atoms with E-state index in [4.69, 9.17) is 0 Å². The van der Waals surface area contributed by atoms with Crippen molar-refractivity contribution in [3.05, 3.63) is 28.8 Å². The molecule has 124 valence electrons. The van der Waals surface area contributed by atoms with E-state index < -0.39 is 0 Å². The molecule has 1 aliphatic heterocycles. The average Bonchev–Trinajstić information content (AvgIpc) is 3.11. The van der Waals surface area contributed by atoms with E-state index in [1.807, 2.05) is 7.05 Å². The normalized spacial score (nSPS) is 18.2. The van der Waals surface area contributed by atoms with Gasteiger partial charge in [-0.1, -0.05) is 0 Å². The molecule has 2 aromatic heterocycles. The van der Waals surface area contributed by atoms with Crippen LogP contribution in [-0.4, -0.2) is 40.1 Å². The van der Waals surface area contributed by atoms with Gasteiger partial charge in [0.05, 0.1) is 18.2 Å². The number of piperidine rings is 1. The van der Waals surface area contributed by atoms with Gasteiger partial charge in [-0.2, -0.15) is 0 Å². The van der Waals surface area contributed by atoms with Crippen LogP contribution in [0.5, 0.6) is 0 Å². The van der Waals surface area contributed by atoms with Crippen LogP contribution in [0.1, 0.15) is 33.9 Å². The molecule has 1 N–H and O–H groups in total. The summed E-state index contributed by atoms with van der Waals surface area (Å²) in [4.78, 5) is 24.5. The van der Waals surface area contributed by atoms with E-state index in [9.17, 15) is 4.79 Å². The summed E-state index contributed by atoms with van der Waals surface area (Å²) in [5.41, 5.74) is 1.72. The number of anilines is 1. The van der Waals surface area contributed by atoms with Gasteiger partial charge in [0.25, 0.3) is 5.91 Å². The lowest BCUT2D eigenvalue weighted by Crippen LogP contribution is -2.41. The van der Waals surface area contributed by atoms with Crippen LogP contribution in [0, 0.1) is 19.8 Å². The summed E-state index contributed by atoms with van der Waals surface area (Å²) in [6.45, 7) is 6.89. The third-order valence-corrected chi connectivity index (χ3v) is 5.54. The van der Waals surface area contributed by atoms with Crippen molar-refractivity contribution >= 4 is 22.4 Å². The smallest absolute Gasteiger partial charge is 0.269 e. The molecule has 1 atom stereocenters. The fourth-order valence-corrected chi connectivity index (χ4v) is 3.84. The van der Waals surface area contributed by atoms with Gasteiger partial charge in [0.15, 0.2) is 5.13 Å². The van der Waals surface area contributed by atoms with Crippen molar-refractivity contribution in [3.8, 4) is 0 Å². The van der Waals surface area contributed by atoms with E-state index in [-0.39, 0.29) is 5.91 Å². The minimum atomic E-state index is -0.0527. The molecule has 0 spiro atoms. The summed E-state index contributed by atoms with van der Waals surface area (Å²) >= 11 is 1.76.